The van der Waals surface area contributed by atoms with Gasteiger partial charge < -0.3 is 14.5 Å². The first-order chi connectivity index (χ1) is 7.81. The number of furan rings is 1. The Morgan fingerprint density at radius 3 is 3.00 bits per heavy atom. The molecule has 0 aliphatic carbocycles. The van der Waals surface area contributed by atoms with Crippen LogP contribution < -0.4 is 5.32 Å². The predicted octanol–water partition coefficient (Wildman–Crippen LogP) is 2.89. The van der Waals surface area contributed by atoms with E-state index < -0.39 is 0 Å². The van der Waals surface area contributed by atoms with Crippen LogP contribution in [0.1, 0.15) is 44.9 Å². The largest absolute Gasteiger partial charge is 0.468 e. The van der Waals surface area contributed by atoms with Crippen LogP contribution in [0.3, 0.4) is 0 Å². The zero-order valence-corrected chi connectivity index (χ0v) is 10.1. The van der Waals surface area contributed by atoms with Crippen molar-refractivity contribution in [3.05, 3.63) is 24.2 Å². The Morgan fingerprint density at radius 2 is 2.44 bits per heavy atom. The van der Waals surface area contributed by atoms with Crippen molar-refractivity contribution in [3.63, 3.8) is 0 Å². The summed E-state index contributed by atoms with van der Waals surface area (Å²) in [4.78, 5) is 0. The van der Waals surface area contributed by atoms with Gasteiger partial charge in [0.2, 0.25) is 0 Å². The number of hydrogen-bond acceptors (Lipinski definition) is 3. The van der Waals surface area contributed by atoms with E-state index in [1.54, 1.807) is 6.26 Å². The molecule has 1 N–H and O–H groups in total. The van der Waals surface area contributed by atoms with Crippen LogP contribution in [0, 0.1) is 0 Å². The van der Waals surface area contributed by atoms with E-state index in [-0.39, 0.29) is 6.04 Å². The second-order valence-electron chi connectivity index (χ2n) is 4.47. The molecule has 1 aliphatic rings. The quantitative estimate of drug-likeness (QED) is 0.833. The molecule has 16 heavy (non-hydrogen) atoms. The number of ether oxygens (including phenoxy) is 1. The van der Waals surface area contributed by atoms with Gasteiger partial charge in [0.05, 0.1) is 18.4 Å². The van der Waals surface area contributed by atoms with Gasteiger partial charge in [-0.25, -0.2) is 0 Å². The molecule has 0 spiro atoms. The van der Waals surface area contributed by atoms with Gasteiger partial charge in [0.15, 0.2) is 0 Å². The molecule has 0 saturated carbocycles. The van der Waals surface area contributed by atoms with Crippen LogP contribution in [-0.2, 0) is 4.74 Å². The van der Waals surface area contributed by atoms with E-state index in [1.165, 1.54) is 12.8 Å². The Bertz CT molecular complexity index is 291. The van der Waals surface area contributed by atoms with E-state index >= 15 is 0 Å². The zero-order chi connectivity index (χ0) is 11.4. The second-order valence-corrected chi connectivity index (χ2v) is 4.47. The third-order valence-electron chi connectivity index (χ3n) is 3.29. The fourth-order valence-corrected chi connectivity index (χ4v) is 2.35. The Balaban J connectivity index is 1.90. The first kappa shape index (κ1) is 11.7. The molecule has 2 rings (SSSR count). The molecule has 0 aromatic carbocycles. The van der Waals surface area contributed by atoms with E-state index in [1.807, 2.05) is 12.1 Å². The van der Waals surface area contributed by atoms with Crippen LogP contribution in [0.4, 0.5) is 0 Å². The zero-order valence-electron chi connectivity index (χ0n) is 10.1. The monoisotopic (exact) mass is 223 g/mol. The third-order valence-corrected chi connectivity index (χ3v) is 3.29. The van der Waals surface area contributed by atoms with Crippen molar-refractivity contribution in [2.24, 2.45) is 0 Å². The topological polar surface area (TPSA) is 34.4 Å². The van der Waals surface area contributed by atoms with E-state index in [0.29, 0.717) is 12.1 Å². The maximum Gasteiger partial charge on any atom is 0.120 e. The molecular formula is C13H21NO2. The van der Waals surface area contributed by atoms with Gasteiger partial charge in [0.1, 0.15) is 5.76 Å². The summed E-state index contributed by atoms with van der Waals surface area (Å²) in [5.74, 6) is 0.997. The maximum absolute atomic E-state index is 5.73. The molecule has 1 aliphatic heterocycles. The van der Waals surface area contributed by atoms with Gasteiger partial charge in [-0.2, -0.15) is 0 Å². The van der Waals surface area contributed by atoms with Crippen LogP contribution in [0.5, 0.6) is 0 Å². The van der Waals surface area contributed by atoms with E-state index in [0.717, 1.165) is 18.8 Å². The molecule has 0 amide bonds. The lowest BCUT2D eigenvalue weighted by molar-refractivity contribution is 0.0725. The van der Waals surface area contributed by atoms with Gasteiger partial charge in [-0.3, -0.25) is 0 Å². The van der Waals surface area contributed by atoms with Crippen molar-refractivity contribution in [2.45, 2.75) is 51.3 Å². The molecule has 1 fully saturated rings. The molecule has 0 bridgehead atoms. The fraction of sp³-hybridized carbons (Fsp3) is 0.692. The number of rotatable bonds is 5. The highest BCUT2D eigenvalue weighted by Crippen LogP contribution is 2.21. The molecule has 1 saturated heterocycles. The molecule has 90 valence electrons. The standard InChI is InChI=1S/C13H21NO2/c1-3-11(13-7-5-9-16-13)14-10(2)12-6-4-8-15-12/h4,6,8,10-11,13-14H,3,5,7,9H2,1-2H3/t10-,11+,13+/m1/s1. The molecule has 3 atom stereocenters. The number of nitrogens with one attached hydrogen (secondary N) is 1. The molecular weight excluding hydrogens is 202 g/mol. The van der Waals surface area contributed by atoms with Crippen molar-refractivity contribution in [2.75, 3.05) is 6.61 Å². The average molecular weight is 223 g/mol. The molecule has 3 heteroatoms. The molecule has 0 radical (unpaired) electrons. The SMILES string of the molecule is CC[C@H](N[C@H](C)c1ccco1)[C@@H]1CCCO1. The highest BCUT2D eigenvalue weighted by molar-refractivity contribution is 5.03. The van der Waals surface area contributed by atoms with Crippen molar-refractivity contribution < 1.29 is 9.15 Å². The highest BCUT2D eigenvalue weighted by Gasteiger charge is 2.26. The van der Waals surface area contributed by atoms with Crippen LogP contribution in [-0.4, -0.2) is 18.8 Å². The summed E-state index contributed by atoms with van der Waals surface area (Å²) in [5, 5.41) is 3.59. The van der Waals surface area contributed by atoms with E-state index in [2.05, 4.69) is 19.2 Å². The molecule has 1 aromatic rings. The summed E-state index contributed by atoms with van der Waals surface area (Å²) in [6, 6.07) is 4.63. The van der Waals surface area contributed by atoms with E-state index in [9.17, 15) is 0 Å². The lowest BCUT2D eigenvalue weighted by atomic mass is 10.0. The minimum Gasteiger partial charge on any atom is -0.468 e. The van der Waals surface area contributed by atoms with Crippen LogP contribution in [0.2, 0.25) is 0 Å². The van der Waals surface area contributed by atoms with Crippen molar-refractivity contribution in [1.82, 2.24) is 5.32 Å². The van der Waals surface area contributed by atoms with Crippen molar-refractivity contribution in [3.8, 4) is 0 Å². The van der Waals surface area contributed by atoms with Crippen LogP contribution >= 0.6 is 0 Å². The minimum absolute atomic E-state index is 0.254. The minimum atomic E-state index is 0.254. The molecule has 1 aromatic heterocycles. The van der Waals surface area contributed by atoms with Gasteiger partial charge in [-0.1, -0.05) is 6.92 Å². The summed E-state index contributed by atoms with van der Waals surface area (Å²) < 4.78 is 11.1. The second kappa shape index (κ2) is 5.51. The Kier molecular flexibility index (Phi) is 4.02. The van der Waals surface area contributed by atoms with Crippen molar-refractivity contribution in [1.29, 1.82) is 0 Å². The summed E-state index contributed by atoms with van der Waals surface area (Å²) >= 11 is 0. The van der Waals surface area contributed by atoms with Gasteiger partial charge in [0, 0.05) is 12.6 Å². The normalized spacial score (nSPS) is 24.5. The van der Waals surface area contributed by atoms with E-state index in [4.69, 9.17) is 9.15 Å². The predicted molar refractivity (Wildman–Crippen MR) is 63.3 cm³/mol. The molecule has 2 heterocycles. The van der Waals surface area contributed by atoms with Gasteiger partial charge in [0.25, 0.3) is 0 Å². The highest BCUT2D eigenvalue weighted by atomic mass is 16.5. The third kappa shape index (κ3) is 2.66. The Hall–Kier alpha value is -0.800. The fourth-order valence-electron chi connectivity index (χ4n) is 2.35. The molecule has 3 nitrogen and oxygen atoms in total. The van der Waals surface area contributed by atoms with Crippen LogP contribution in [0.25, 0.3) is 0 Å². The lowest BCUT2D eigenvalue weighted by Crippen LogP contribution is -2.40. The Morgan fingerprint density at radius 1 is 1.56 bits per heavy atom. The van der Waals surface area contributed by atoms with Gasteiger partial charge >= 0.3 is 0 Å². The lowest BCUT2D eigenvalue weighted by Gasteiger charge is -2.25. The van der Waals surface area contributed by atoms with Gasteiger partial charge in [-0.05, 0) is 38.3 Å². The summed E-state index contributed by atoms with van der Waals surface area (Å²) in [6.07, 6.45) is 5.56. The Labute approximate surface area is 97.2 Å². The van der Waals surface area contributed by atoms with Crippen LogP contribution in [0.15, 0.2) is 22.8 Å². The first-order valence-corrected chi connectivity index (χ1v) is 6.22. The smallest absolute Gasteiger partial charge is 0.120 e. The summed E-state index contributed by atoms with van der Waals surface area (Å²) in [7, 11) is 0. The van der Waals surface area contributed by atoms with Crippen molar-refractivity contribution >= 4 is 0 Å². The van der Waals surface area contributed by atoms with Gasteiger partial charge in [-0.15, -0.1) is 0 Å². The maximum atomic E-state index is 5.73. The first-order valence-electron chi connectivity index (χ1n) is 6.22. The molecule has 0 unspecified atom stereocenters. The average Bonchev–Trinajstić information content (AvgIpc) is 2.96. The summed E-state index contributed by atoms with van der Waals surface area (Å²) in [6.45, 7) is 5.25. The number of hydrogen-bond donors (Lipinski definition) is 1. The summed E-state index contributed by atoms with van der Waals surface area (Å²) in [5.41, 5.74) is 0.